The Hall–Kier alpha value is 1.62. The van der Waals surface area contributed by atoms with Gasteiger partial charge in [0, 0.05) is 16.8 Å². The number of rotatable bonds is 0. The van der Waals surface area contributed by atoms with E-state index in [1.54, 1.807) is 0 Å². The van der Waals surface area contributed by atoms with Crippen LogP contribution in [0.1, 0.15) is 0 Å². The summed E-state index contributed by atoms with van der Waals surface area (Å²) in [5.41, 5.74) is 0. The molecule has 0 aromatic rings. The van der Waals surface area contributed by atoms with E-state index in [4.69, 9.17) is 0 Å². The van der Waals surface area contributed by atoms with Crippen LogP contribution in [0.15, 0.2) is 0 Å². The Kier molecular flexibility index (Phi) is 101. The molecule has 23 valence electrons. The van der Waals surface area contributed by atoms with Gasteiger partial charge in [0.25, 0.3) is 0 Å². The van der Waals surface area contributed by atoms with Crippen molar-refractivity contribution >= 4 is 35.7 Å². The Morgan fingerprint density at radius 2 is 1.25 bits per heavy atom. The number of hydrogen-bond acceptors (Lipinski definition) is 1. The summed E-state index contributed by atoms with van der Waals surface area (Å²) >= 11 is 3.28. The van der Waals surface area contributed by atoms with Crippen molar-refractivity contribution in [2.45, 2.75) is 0 Å². The first-order valence-corrected chi connectivity index (χ1v) is 0.949. The summed E-state index contributed by atoms with van der Waals surface area (Å²) in [5.74, 6) is 0. The van der Waals surface area contributed by atoms with Crippen molar-refractivity contribution in [3.63, 3.8) is 0 Å². The molecule has 0 aliphatic carbocycles. The van der Waals surface area contributed by atoms with Crippen molar-refractivity contribution in [3.8, 4) is 0 Å². The fourth-order valence-electron chi connectivity index (χ4n) is 0. The molecule has 0 N–H and O–H groups in total. The van der Waals surface area contributed by atoms with Crippen LogP contribution >= 0.6 is 12.6 Å². The van der Waals surface area contributed by atoms with Crippen molar-refractivity contribution in [1.82, 2.24) is 0 Å². The molecule has 0 atom stereocenters. The zero-order valence-electron chi connectivity index (χ0n) is 2.19. The maximum Gasteiger partial charge on any atom is 2.00 e. The molecule has 0 unspecified atom stereocenters. The van der Waals surface area contributed by atoms with Crippen molar-refractivity contribution in [2.75, 3.05) is 0 Å². The molecule has 4 heavy (non-hydrogen) atoms. The van der Waals surface area contributed by atoms with Gasteiger partial charge in [0.15, 0.2) is 0 Å². The molecule has 0 aliphatic heterocycles. The quantitative estimate of drug-likeness (QED) is 0.273. The van der Waals surface area contributed by atoms with Crippen molar-refractivity contribution < 1.29 is 16.8 Å². The molecule has 0 amide bonds. The van der Waals surface area contributed by atoms with Crippen molar-refractivity contribution in [1.29, 1.82) is 0 Å². The van der Waals surface area contributed by atoms with Gasteiger partial charge in [0.1, 0.15) is 0 Å². The summed E-state index contributed by atoms with van der Waals surface area (Å²) in [4.78, 5) is 0. The molecule has 0 aliphatic rings. The van der Waals surface area contributed by atoms with Crippen LogP contribution in [-0.2, 0) is 16.8 Å². The van der Waals surface area contributed by atoms with E-state index in [0.717, 1.165) is 0 Å². The Morgan fingerprint density at radius 3 is 1.25 bits per heavy atom. The van der Waals surface area contributed by atoms with E-state index in [0.29, 0.717) is 0 Å². The minimum Gasteiger partial charge on any atom is -0.372 e. The molecule has 0 fully saturated rings. The minimum atomic E-state index is 0. The monoisotopic (exact) mass is 130 g/mol. The zero-order chi connectivity index (χ0) is 2.00. The molecule has 0 bridgehead atoms. The molecule has 0 heterocycles. The van der Waals surface area contributed by atoms with Gasteiger partial charge in [-0.25, -0.2) is 0 Å². The molecule has 0 aromatic heterocycles. The van der Waals surface area contributed by atoms with Crippen LogP contribution in [0.25, 0.3) is 0 Å². The third-order valence-corrected chi connectivity index (χ3v) is 0. The average molecular weight is 130 g/mol. The first-order chi connectivity index (χ1) is 1.00. The van der Waals surface area contributed by atoms with Crippen LogP contribution in [0.5, 0.6) is 0 Å². The van der Waals surface area contributed by atoms with Crippen molar-refractivity contribution in [3.05, 3.63) is 6.26 Å². The first kappa shape index (κ1) is 17.5. The first-order valence-electron chi connectivity index (χ1n) is 0.316. The summed E-state index contributed by atoms with van der Waals surface area (Å²) < 4.78 is 0. The second kappa shape index (κ2) is 23.0. The Labute approximate surface area is 58.5 Å². The van der Waals surface area contributed by atoms with Gasteiger partial charge in [-0.1, -0.05) is 0 Å². The Balaban J connectivity index is -0.00000000500. The van der Waals surface area contributed by atoms with Crippen LogP contribution in [-0.4, -0.2) is 23.1 Å². The third-order valence-electron chi connectivity index (χ3n) is 0. The molecular formula is CH3CoMgS+. The van der Waals surface area contributed by atoms with Gasteiger partial charge < -0.3 is 12.6 Å². The van der Waals surface area contributed by atoms with Gasteiger partial charge in [0.2, 0.25) is 0 Å². The third kappa shape index (κ3) is 9.46. The van der Waals surface area contributed by atoms with Crippen LogP contribution in [0.2, 0.25) is 0 Å². The van der Waals surface area contributed by atoms with E-state index in [1.165, 1.54) is 0 Å². The van der Waals surface area contributed by atoms with E-state index in [1.807, 2.05) is 0 Å². The minimum absolute atomic E-state index is 0. The molecule has 0 rings (SSSR count). The van der Waals surface area contributed by atoms with Gasteiger partial charge in [-0.3, -0.25) is 6.26 Å². The second-order valence-electron chi connectivity index (χ2n) is 0. The Bertz CT molecular complexity index is 8.00. The summed E-state index contributed by atoms with van der Waals surface area (Å²) in [5, 5.41) is 0. The summed E-state index contributed by atoms with van der Waals surface area (Å²) in [7, 11) is 0. The molecular weight excluding hydrogens is 127 g/mol. The molecule has 1 radical (unpaired) electrons. The van der Waals surface area contributed by atoms with Gasteiger partial charge in [-0.05, 0) is 0 Å². The van der Waals surface area contributed by atoms with E-state index < -0.39 is 0 Å². The van der Waals surface area contributed by atoms with E-state index in [2.05, 4.69) is 18.9 Å². The van der Waals surface area contributed by atoms with E-state index in [-0.39, 0.29) is 39.8 Å². The van der Waals surface area contributed by atoms with Gasteiger partial charge in [-0.2, -0.15) is 0 Å². The summed E-state index contributed by atoms with van der Waals surface area (Å²) in [6.07, 6.45) is 2.94. The second-order valence-corrected chi connectivity index (χ2v) is 0. The summed E-state index contributed by atoms with van der Waals surface area (Å²) in [6, 6.07) is 0. The molecule has 0 nitrogen and oxygen atoms in total. The predicted octanol–water partition coefficient (Wildman–Crippen LogP) is 0.324. The fraction of sp³-hybridized carbons (Fsp3) is 0. The molecule has 0 saturated carbocycles. The van der Waals surface area contributed by atoms with Crippen LogP contribution in [0, 0.1) is 6.26 Å². The largest absolute Gasteiger partial charge is 2.00 e. The average Bonchev–Trinajstić information content (AvgIpc) is 1.00. The van der Waals surface area contributed by atoms with Gasteiger partial charge in [-0.15, -0.1) is 0 Å². The maximum absolute atomic E-state index is 3.28. The maximum atomic E-state index is 3.28. The predicted molar refractivity (Wildman–Crippen MR) is 20.1 cm³/mol. The van der Waals surface area contributed by atoms with Crippen LogP contribution < -0.4 is 0 Å². The van der Waals surface area contributed by atoms with Gasteiger partial charge >= 0.3 is 23.1 Å². The fourth-order valence-corrected chi connectivity index (χ4v) is 0. The number of thiol groups is 1. The van der Waals surface area contributed by atoms with Crippen molar-refractivity contribution in [2.24, 2.45) is 0 Å². The smallest absolute Gasteiger partial charge is 0.372 e. The van der Waals surface area contributed by atoms with Gasteiger partial charge in [0.05, 0.1) is 0 Å². The van der Waals surface area contributed by atoms with E-state index >= 15 is 0 Å². The molecule has 3 heteroatoms. The topological polar surface area (TPSA) is 0 Å². The molecule has 0 spiro atoms. The number of hydrogen-bond donors (Lipinski definition) is 1. The standard InChI is InChI=1S/CH3S.Co.Mg/c1-2;;/h2H,1H2;;/q-1;;+2. The van der Waals surface area contributed by atoms with Crippen LogP contribution in [0.3, 0.4) is 0 Å². The SMILES string of the molecule is [CH2-]S.[Co].[Mg+2]. The zero-order valence-corrected chi connectivity index (χ0v) is 5.54. The molecule has 0 saturated heterocycles. The normalized spacial score (nSPS) is 1.50. The Morgan fingerprint density at radius 1 is 1.25 bits per heavy atom. The van der Waals surface area contributed by atoms with E-state index in [9.17, 15) is 0 Å². The summed E-state index contributed by atoms with van der Waals surface area (Å²) in [6.45, 7) is 0. The van der Waals surface area contributed by atoms with Crippen LogP contribution in [0.4, 0.5) is 0 Å². The molecule has 0 aromatic carbocycles.